The molecule has 2 heterocycles. The molecule has 0 unspecified atom stereocenters. The summed E-state index contributed by atoms with van der Waals surface area (Å²) in [6.07, 6.45) is 0. The summed E-state index contributed by atoms with van der Waals surface area (Å²) in [5.74, 6) is 0.0881. The van der Waals surface area contributed by atoms with Crippen LogP contribution in [-0.2, 0) is 17.3 Å². The molecule has 0 radical (unpaired) electrons. The number of nitrogens with zero attached hydrogens (tertiary/aromatic N) is 3. The van der Waals surface area contributed by atoms with Crippen LogP contribution in [0.3, 0.4) is 0 Å². The monoisotopic (exact) mass is 414 g/mol. The molecule has 1 aromatic carbocycles. The molecule has 0 aliphatic carbocycles. The Bertz CT molecular complexity index is 971. The highest BCUT2D eigenvalue weighted by molar-refractivity contribution is 7.99. The first-order valence-corrected chi connectivity index (χ1v) is 10.6. The third-order valence-electron chi connectivity index (χ3n) is 4.17. The van der Waals surface area contributed by atoms with Crippen molar-refractivity contribution in [3.63, 3.8) is 0 Å². The van der Waals surface area contributed by atoms with Gasteiger partial charge in [-0.05, 0) is 22.4 Å². The zero-order chi connectivity index (χ0) is 20.3. The highest BCUT2D eigenvalue weighted by atomic mass is 32.2. The Morgan fingerprint density at radius 2 is 1.86 bits per heavy atom. The first kappa shape index (κ1) is 20.3. The highest BCUT2D eigenvalue weighted by Crippen LogP contribution is 2.27. The third-order valence-corrected chi connectivity index (χ3v) is 6.06. The minimum absolute atomic E-state index is 0.0893. The van der Waals surface area contributed by atoms with Crippen LogP contribution in [0.2, 0.25) is 0 Å². The molecular formula is C20H22N4O2S2. The van der Waals surface area contributed by atoms with E-state index in [0.29, 0.717) is 10.0 Å². The molecule has 0 atom stereocenters. The lowest BCUT2D eigenvalue weighted by Crippen LogP contribution is -2.31. The van der Waals surface area contributed by atoms with Gasteiger partial charge in [-0.2, -0.15) is 0 Å². The van der Waals surface area contributed by atoms with Crippen LogP contribution in [0.15, 0.2) is 46.9 Å². The molecule has 2 aromatic heterocycles. The van der Waals surface area contributed by atoms with Crippen LogP contribution >= 0.6 is 23.1 Å². The van der Waals surface area contributed by atoms with Gasteiger partial charge in [0, 0.05) is 12.6 Å². The van der Waals surface area contributed by atoms with Crippen molar-refractivity contribution in [3.05, 3.63) is 52.2 Å². The molecule has 0 saturated carbocycles. The normalized spacial score (nSPS) is 11.4. The first-order valence-electron chi connectivity index (χ1n) is 8.76. The van der Waals surface area contributed by atoms with Crippen LogP contribution < -0.4 is 5.32 Å². The zero-order valence-corrected chi connectivity index (χ0v) is 17.9. The SMILES string of the molecule is Cn1c(SCC(=O)NC(=O)c2cccs2)nnc1-c1ccc(C(C)(C)C)cc1. The van der Waals surface area contributed by atoms with E-state index in [2.05, 4.69) is 48.4 Å². The van der Waals surface area contributed by atoms with E-state index < -0.39 is 0 Å². The summed E-state index contributed by atoms with van der Waals surface area (Å²) < 4.78 is 1.85. The first-order chi connectivity index (χ1) is 13.3. The molecule has 146 valence electrons. The second-order valence-electron chi connectivity index (χ2n) is 7.34. The van der Waals surface area contributed by atoms with E-state index in [1.807, 2.05) is 23.7 Å². The summed E-state index contributed by atoms with van der Waals surface area (Å²) in [5, 5.41) is 13.2. The predicted octanol–water partition coefficient (Wildman–Crippen LogP) is 3.89. The van der Waals surface area contributed by atoms with Gasteiger partial charge < -0.3 is 4.57 Å². The molecule has 3 rings (SSSR count). The second kappa shape index (κ2) is 8.28. The van der Waals surface area contributed by atoms with E-state index >= 15 is 0 Å². The van der Waals surface area contributed by atoms with Gasteiger partial charge in [0.2, 0.25) is 5.91 Å². The van der Waals surface area contributed by atoms with E-state index in [-0.39, 0.29) is 23.0 Å². The molecule has 6 nitrogen and oxygen atoms in total. The van der Waals surface area contributed by atoms with Crippen molar-refractivity contribution in [2.24, 2.45) is 7.05 Å². The largest absolute Gasteiger partial charge is 0.305 e. The van der Waals surface area contributed by atoms with Gasteiger partial charge in [-0.3, -0.25) is 14.9 Å². The summed E-state index contributed by atoms with van der Waals surface area (Å²) >= 11 is 2.54. The number of rotatable bonds is 5. The molecule has 0 aliphatic heterocycles. The summed E-state index contributed by atoms with van der Waals surface area (Å²) in [6, 6.07) is 11.7. The second-order valence-corrected chi connectivity index (χ2v) is 9.23. The standard InChI is InChI=1S/C20H22N4O2S2/c1-20(2,3)14-9-7-13(8-10-14)17-22-23-19(24(17)4)28-12-16(25)21-18(26)15-6-5-11-27-15/h5-11H,12H2,1-4H3,(H,21,25,26). The number of thiophene rings is 1. The molecule has 8 heteroatoms. The van der Waals surface area contributed by atoms with E-state index in [9.17, 15) is 9.59 Å². The Morgan fingerprint density at radius 3 is 2.46 bits per heavy atom. The number of amides is 2. The number of hydrogen-bond acceptors (Lipinski definition) is 6. The fourth-order valence-electron chi connectivity index (χ4n) is 2.57. The number of carbonyl (C=O) groups excluding carboxylic acids is 2. The van der Waals surface area contributed by atoms with Crippen LogP contribution in [0.4, 0.5) is 0 Å². The van der Waals surface area contributed by atoms with Crippen molar-refractivity contribution in [1.82, 2.24) is 20.1 Å². The van der Waals surface area contributed by atoms with Crippen LogP contribution in [0.25, 0.3) is 11.4 Å². The molecule has 0 fully saturated rings. The number of carbonyl (C=O) groups is 2. The van der Waals surface area contributed by atoms with Crippen molar-refractivity contribution in [1.29, 1.82) is 0 Å². The van der Waals surface area contributed by atoms with Crippen LogP contribution in [-0.4, -0.2) is 32.3 Å². The molecule has 1 N–H and O–H groups in total. The van der Waals surface area contributed by atoms with Gasteiger partial charge in [-0.1, -0.05) is 62.9 Å². The molecule has 0 saturated heterocycles. The summed E-state index contributed by atoms with van der Waals surface area (Å²) in [4.78, 5) is 24.5. The molecular weight excluding hydrogens is 392 g/mol. The lowest BCUT2D eigenvalue weighted by Gasteiger charge is -2.19. The maximum atomic E-state index is 12.0. The summed E-state index contributed by atoms with van der Waals surface area (Å²) in [6.45, 7) is 6.52. The molecule has 0 aliphatic rings. The van der Waals surface area contributed by atoms with Crippen molar-refractivity contribution in [2.45, 2.75) is 31.3 Å². The van der Waals surface area contributed by atoms with E-state index in [4.69, 9.17) is 0 Å². The van der Waals surface area contributed by atoms with Gasteiger partial charge in [0.05, 0.1) is 10.6 Å². The Kier molecular flexibility index (Phi) is 6.00. The van der Waals surface area contributed by atoms with Crippen LogP contribution in [0.1, 0.15) is 36.0 Å². The number of imide groups is 1. The number of hydrogen-bond donors (Lipinski definition) is 1. The van der Waals surface area contributed by atoms with E-state index in [1.54, 1.807) is 17.5 Å². The van der Waals surface area contributed by atoms with Crippen molar-refractivity contribution >= 4 is 34.9 Å². The van der Waals surface area contributed by atoms with Gasteiger partial charge in [-0.25, -0.2) is 0 Å². The molecule has 2 amide bonds. The minimum atomic E-state index is -0.377. The Balaban J connectivity index is 1.63. The number of nitrogens with one attached hydrogen (secondary N) is 1. The van der Waals surface area contributed by atoms with Gasteiger partial charge in [0.25, 0.3) is 5.91 Å². The lowest BCUT2D eigenvalue weighted by atomic mass is 9.87. The Morgan fingerprint density at radius 1 is 1.14 bits per heavy atom. The van der Waals surface area contributed by atoms with Crippen molar-refractivity contribution in [3.8, 4) is 11.4 Å². The fraction of sp³-hybridized carbons (Fsp3) is 0.300. The topological polar surface area (TPSA) is 76.9 Å². The molecule has 0 spiro atoms. The lowest BCUT2D eigenvalue weighted by molar-refractivity contribution is -0.117. The average molecular weight is 415 g/mol. The van der Waals surface area contributed by atoms with Crippen molar-refractivity contribution in [2.75, 3.05) is 5.75 Å². The number of benzene rings is 1. The fourth-order valence-corrected chi connectivity index (χ4v) is 3.90. The zero-order valence-electron chi connectivity index (χ0n) is 16.2. The van der Waals surface area contributed by atoms with Crippen LogP contribution in [0, 0.1) is 0 Å². The van der Waals surface area contributed by atoms with E-state index in [1.165, 1.54) is 28.7 Å². The Hall–Kier alpha value is -2.45. The molecule has 3 aromatic rings. The maximum Gasteiger partial charge on any atom is 0.267 e. The van der Waals surface area contributed by atoms with Gasteiger partial charge in [-0.15, -0.1) is 21.5 Å². The molecule has 28 heavy (non-hydrogen) atoms. The average Bonchev–Trinajstić information content (AvgIpc) is 3.29. The summed E-state index contributed by atoms with van der Waals surface area (Å²) in [5.41, 5.74) is 2.31. The number of thioether (sulfide) groups is 1. The van der Waals surface area contributed by atoms with Crippen LogP contribution in [0.5, 0.6) is 0 Å². The van der Waals surface area contributed by atoms with E-state index in [0.717, 1.165) is 11.4 Å². The minimum Gasteiger partial charge on any atom is -0.305 e. The van der Waals surface area contributed by atoms with Gasteiger partial charge in [0.1, 0.15) is 0 Å². The maximum absolute atomic E-state index is 12.0. The molecule has 0 bridgehead atoms. The third kappa shape index (κ3) is 4.69. The predicted molar refractivity (Wildman–Crippen MR) is 113 cm³/mol. The number of aromatic nitrogens is 3. The highest BCUT2D eigenvalue weighted by Gasteiger charge is 2.17. The Labute approximate surface area is 172 Å². The van der Waals surface area contributed by atoms with Crippen molar-refractivity contribution < 1.29 is 9.59 Å². The van der Waals surface area contributed by atoms with Gasteiger partial charge >= 0.3 is 0 Å². The summed E-state index contributed by atoms with van der Waals surface area (Å²) in [7, 11) is 1.87. The smallest absolute Gasteiger partial charge is 0.267 e. The van der Waals surface area contributed by atoms with Gasteiger partial charge in [0.15, 0.2) is 11.0 Å². The quantitative estimate of drug-likeness (QED) is 0.641.